The number of aryl methyl sites for hydroxylation is 1. The third-order valence-electron chi connectivity index (χ3n) is 2.68. The van der Waals surface area contributed by atoms with Crippen LogP contribution >= 0.6 is 15.9 Å². The minimum absolute atomic E-state index is 0.133. The highest BCUT2D eigenvalue weighted by Gasteiger charge is 2.27. The minimum Gasteiger partial charge on any atom is -0.260 e. The molecule has 1 rings (SSSR count). The average Bonchev–Trinajstić information content (AvgIpc) is 2.55. The smallest absolute Gasteiger partial charge is 0.260 e. The van der Waals surface area contributed by atoms with Crippen molar-refractivity contribution in [2.24, 2.45) is 0 Å². The number of nitro groups is 1. The Balaban J connectivity index is 3.25. The van der Waals surface area contributed by atoms with Crippen LogP contribution < -0.4 is 0 Å². The second-order valence-corrected chi connectivity index (χ2v) is 5.68. The monoisotopic (exact) mass is 303 g/mol. The van der Waals surface area contributed by atoms with E-state index in [9.17, 15) is 10.1 Å². The van der Waals surface area contributed by atoms with E-state index in [1.807, 2.05) is 20.8 Å². The molecule has 0 radical (unpaired) electrons. The van der Waals surface area contributed by atoms with Gasteiger partial charge in [-0.05, 0) is 27.2 Å². The van der Waals surface area contributed by atoms with E-state index in [2.05, 4.69) is 21.0 Å². The molecule has 6 heteroatoms. The molecule has 0 aliphatic carbocycles. The first-order chi connectivity index (χ1) is 7.88. The largest absolute Gasteiger partial charge is 0.313 e. The van der Waals surface area contributed by atoms with Gasteiger partial charge in [0.25, 0.3) is 0 Å². The van der Waals surface area contributed by atoms with Gasteiger partial charge in [0.1, 0.15) is 11.4 Å². The van der Waals surface area contributed by atoms with Gasteiger partial charge in [0.2, 0.25) is 0 Å². The lowest BCUT2D eigenvalue weighted by Crippen LogP contribution is -2.12. The van der Waals surface area contributed by atoms with Crippen LogP contribution in [0, 0.1) is 17.0 Å². The third kappa shape index (κ3) is 3.06. The number of halogens is 1. The zero-order valence-electron chi connectivity index (χ0n) is 10.6. The average molecular weight is 304 g/mol. The van der Waals surface area contributed by atoms with Gasteiger partial charge in [-0.3, -0.25) is 14.8 Å². The summed E-state index contributed by atoms with van der Waals surface area (Å²) in [5, 5.41) is 15.4. The van der Waals surface area contributed by atoms with Crippen molar-refractivity contribution in [2.75, 3.05) is 0 Å². The molecule has 1 aromatic rings. The normalized spacial score (nSPS) is 13.1. The highest BCUT2D eigenvalue weighted by molar-refractivity contribution is 9.09. The summed E-state index contributed by atoms with van der Waals surface area (Å²) in [7, 11) is 0. The van der Waals surface area contributed by atoms with Crippen molar-refractivity contribution < 1.29 is 4.92 Å². The second kappa shape index (κ2) is 5.62. The van der Waals surface area contributed by atoms with Gasteiger partial charge in [-0.15, -0.1) is 0 Å². The molecule has 0 N–H and O–H groups in total. The molecule has 5 nitrogen and oxygen atoms in total. The minimum atomic E-state index is -0.327. The fraction of sp³-hybridized carbons (Fsp3) is 0.727. The fourth-order valence-corrected chi connectivity index (χ4v) is 2.10. The summed E-state index contributed by atoms with van der Waals surface area (Å²) < 4.78 is 1.76. The van der Waals surface area contributed by atoms with Crippen molar-refractivity contribution >= 4 is 21.6 Å². The number of hydrogen-bond acceptors (Lipinski definition) is 3. The van der Waals surface area contributed by atoms with E-state index < -0.39 is 0 Å². The van der Waals surface area contributed by atoms with E-state index in [-0.39, 0.29) is 21.5 Å². The first kappa shape index (κ1) is 14.2. The van der Waals surface area contributed by atoms with Gasteiger partial charge in [-0.1, -0.05) is 22.9 Å². The van der Waals surface area contributed by atoms with Gasteiger partial charge < -0.3 is 0 Å². The van der Waals surface area contributed by atoms with E-state index in [4.69, 9.17) is 0 Å². The van der Waals surface area contributed by atoms with Crippen LogP contribution in [0.15, 0.2) is 0 Å². The van der Waals surface area contributed by atoms with E-state index in [0.717, 1.165) is 6.42 Å². The molecule has 96 valence electrons. The van der Waals surface area contributed by atoms with E-state index in [1.54, 1.807) is 11.6 Å². The Morgan fingerprint density at radius 3 is 2.53 bits per heavy atom. The van der Waals surface area contributed by atoms with Gasteiger partial charge in [-0.25, -0.2) is 0 Å². The zero-order valence-corrected chi connectivity index (χ0v) is 12.2. The summed E-state index contributed by atoms with van der Waals surface area (Å²) in [4.78, 5) is 11.0. The summed E-state index contributed by atoms with van der Waals surface area (Å²) in [5.74, 6) is 0. The molecule has 0 spiro atoms. The summed E-state index contributed by atoms with van der Waals surface area (Å²) in [5.41, 5.74) is 1.37. The molecule has 1 atom stereocenters. The molecule has 1 unspecified atom stereocenters. The van der Waals surface area contributed by atoms with Crippen LogP contribution in [0.1, 0.15) is 44.6 Å². The van der Waals surface area contributed by atoms with Gasteiger partial charge in [-0.2, -0.15) is 5.10 Å². The molecular formula is C11H18BrN3O2. The number of rotatable bonds is 5. The SMILES string of the molecule is CCC(Br)Cc1c([N+](=O)[O-])c(C)nn1C(C)C. The maximum atomic E-state index is 11.1. The molecule has 17 heavy (non-hydrogen) atoms. The standard InChI is InChI=1S/C11H18BrN3O2/c1-5-9(12)6-10-11(15(16)17)8(4)13-14(10)7(2)3/h7,9H,5-6H2,1-4H3. The molecule has 0 amide bonds. The topological polar surface area (TPSA) is 61.0 Å². The number of nitrogens with zero attached hydrogens (tertiary/aromatic N) is 3. The maximum absolute atomic E-state index is 11.1. The summed E-state index contributed by atoms with van der Waals surface area (Å²) in [6.07, 6.45) is 1.56. The van der Waals surface area contributed by atoms with Crippen molar-refractivity contribution in [3.63, 3.8) is 0 Å². The maximum Gasteiger partial charge on any atom is 0.313 e. The van der Waals surface area contributed by atoms with Crippen molar-refractivity contribution in [2.45, 2.75) is 51.4 Å². The molecule has 0 saturated carbocycles. The van der Waals surface area contributed by atoms with E-state index >= 15 is 0 Å². The van der Waals surface area contributed by atoms with Crippen molar-refractivity contribution in [3.05, 3.63) is 21.5 Å². The van der Waals surface area contributed by atoms with Crippen LogP contribution in [0.3, 0.4) is 0 Å². The van der Waals surface area contributed by atoms with Crippen LogP contribution in [0.5, 0.6) is 0 Å². The second-order valence-electron chi connectivity index (χ2n) is 4.39. The molecule has 0 fully saturated rings. The molecular weight excluding hydrogens is 286 g/mol. The Labute approximate surface area is 109 Å². The van der Waals surface area contributed by atoms with Crippen LogP contribution in [0.4, 0.5) is 5.69 Å². The number of alkyl halides is 1. The quantitative estimate of drug-likeness (QED) is 0.476. The lowest BCUT2D eigenvalue weighted by Gasteiger charge is -2.12. The van der Waals surface area contributed by atoms with E-state index in [0.29, 0.717) is 17.8 Å². The first-order valence-electron chi connectivity index (χ1n) is 5.74. The van der Waals surface area contributed by atoms with Crippen molar-refractivity contribution in [1.29, 1.82) is 0 Å². The van der Waals surface area contributed by atoms with Crippen molar-refractivity contribution in [3.8, 4) is 0 Å². The molecule has 0 aliphatic heterocycles. The summed E-state index contributed by atoms with van der Waals surface area (Å²) in [6, 6.07) is 0.133. The predicted octanol–water partition coefficient (Wildman–Crippen LogP) is 3.40. The van der Waals surface area contributed by atoms with Crippen LogP contribution in [-0.4, -0.2) is 19.5 Å². The van der Waals surface area contributed by atoms with Gasteiger partial charge >= 0.3 is 5.69 Å². The predicted molar refractivity (Wildman–Crippen MR) is 70.7 cm³/mol. The van der Waals surface area contributed by atoms with E-state index in [1.165, 1.54) is 0 Å². The molecule has 1 heterocycles. The Kier molecular flexibility index (Phi) is 4.68. The molecule has 0 saturated heterocycles. The lowest BCUT2D eigenvalue weighted by atomic mass is 10.1. The van der Waals surface area contributed by atoms with Crippen LogP contribution in [-0.2, 0) is 6.42 Å². The van der Waals surface area contributed by atoms with Crippen LogP contribution in [0.2, 0.25) is 0 Å². The van der Waals surface area contributed by atoms with Gasteiger partial charge in [0.15, 0.2) is 0 Å². The Hall–Kier alpha value is -0.910. The Morgan fingerprint density at radius 1 is 1.53 bits per heavy atom. The molecule has 0 aromatic carbocycles. The summed E-state index contributed by atoms with van der Waals surface area (Å²) in [6.45, 7) is 7.70. The Morgan fingerprint density at radius 2 is 2.12 bits per heavy atom. The number of aromatic nitrogens is 2. The highest BCUT2D eigenvalue weighted by atomic mass is 79.9. The van der Waals surface area contributed by atoms with Crippen LogP contribution in [0.25, 0.3) is 0 Å². The highest BCUT2D eigenvalue weighted by Crippen LogP contribution is 2.28. The third-order valence-corrected chi connectivity index (χ3v) is 3.65. The lowest BCUT2D eigenvalue weighted by molar-refractivity contribution is -0.386. The van der Waals surface area contributed by atoms with Gasteiger partial charge in [0.05, 0.1) is 4.92 Å². The van der Waals surface area contributed by atoms with Gasteiger partial charge in [0, 0.05) is 17.3 Å². The molecule has 0 aliphatic rings. The fourth-order valence-electron chi connectivity index (χ4n) is 1.80. The Bertz CT molecular complexity index is 415. The molecule has 1 aromatic heterocycles. The van der Waals surface area contributed by atoms with Crippen molar-refractivity contribution in [1.82, 2.24) is 9.78 Å². The zero-order chi connectivity index (χ0) is 13.2. The number of hydrogen-bond donors (Lipinski definition) is 0. The summed E-state index contributed by atoms with van der Waals surface area (Å²) >= 11 is 3.53. The first-order valence-corrected chi connectivity index (χ1v) is 6.66. The molecule has 0 bridgehead atoms.